The van der Waals surface area contributed by atoms with Crippen LogP contribution in [0, 0.1) is 0 Å². The zero-order valence-corrected chi connectivity index (χ0v) is 11.2. The Hall–Kier alpha value is -0.600. The molecule has 1 fully saturated rings. The van der Waals surface area contributed by atoms with Crippen LogP contribution in [-0.4, -0.2) is 6.10 Å². The Morgan fingerprint density at radius 2 is 1.59 bits per heavy atom. The van der Waals surface area contributed by atoms with Crippen LogP contribution in [0.3, 0.4) is 0 Å². The van der Waals surface area contributed by atoms with Gasteiger partial charge in [0.2, 0.25) is 0 Å². The Labute approximate surface area is 112 Å². The van der Waals surface area contributed by atoms with Gasteiger partial charge in [0.05, 0.1) is 21.8 Å². The molecule has 2 N–H and O–H groups in total. The van der Waals surface area contributed by atoms with Gasteiger partial charge in [0, 0.05) is 6.07 Å². The van der Waals surface area contributed by atoms with E-state index >= 15 is 0 Å². The first-order valence-corrected chi connectivity index (χ1v) is 6.83. The highest BCUT2D eigenvalue weighted by molar-refractivity contribution is 6.42. The molecule has 0 aliphatic heterocycles. The molecule has 0 spiro atoms. The second-order valence-electron chi connectivity index (χ2n) is 4.54. The van der Waals surface area contributed by atoms with Crippen molar-refractivity contribution in [2.75, 3.05) is 5.73 Å². The van der Waals surface area contributed by atoms with Crippen LogP contribution in [-0.2, 0) is 0 Å². The Bertz CT molecular complexity index is 387. The molecule has 1 aliphatic rings. The van der Waals surface area contributed by atoms with E-state index in [0.717, 1.165) is 12.8 Å². The minimum absolute atomic E-state index is 0.261. The maximum atomic E-state index is 5.97. The highest BCUT2D eigenvalue weighted by Gasteiger charge is 2.15. The van der Waals surface area contributed by atoms with Gasteiger partial charge in [-0.1, -0.05) is 36.0 Å². The predicted molar refractivity (Wildman–Crippen MR) is 73.0 cm³/mol. The number of hydrogen-bond acceptors (Lipinski definition) is 2. The van der Waals surface area contributed by atoms with E-state index in [1.54, 1.807) is 12.1 Å². The van der Waals surface area contributed by atoms with Gasteiger partial charge in [-0.05, 0) is 31.7 Å². The Morgan fingerprint density at radius 3 is 2.24 bits per heavy atom. The van der Waals surface area contributed by atoms with Crippen LogP contribution in [0.5, 0.6) is 5.75 Å². The molecule has 0 aromatic heterocycles. The maximum absolute atomic E-state index is 5.97. The molecule has 2 nitrogen and oxygen atoms in total. The third kappa shape index (κ3) is 3.43. The Kier molecular flexibility index (Phi) is 4.41. The number of rotatable bonds is 2. The lowest BCUT2D eigenvalue weighted by Gasteiger charge is -2.18. The van der Waals surface area contributed by atoms with Crippen molar-refractivity contribution >= 4 is 28.9 Å². The first-order valence-electron chi connectivity index (χ1n) is 6.08. The van der Waals surface area contributed by atoms with Crippen molar-refractivity contribution in [3.05, 3.63) is 22.2 Å². The van der Waals surface area contributed by atoms with Crippen LogP contribution in [0.1, 0.15) is 38.5 Å². The third-order valence-electron chi connectivity index (χ3n) is 3.15. The molecular formula is C13H17Cl2NO. The van der Waals surface area contributed by atoms with Gasteiger partial charge < -0.3 is 10.5 Å². The average Bonchev–Trinajstić information content (AvgIpc) is 2.54. The Balaban J connectivity index is 2.09. The van der Waals surface area contributed by atoms with E-state index in [0.29, 0.717) is 21.5 Å². The van der Waals surface area contributed by atoms with Crippen molar-refractivity contribution in [2.45, 2.75) is 44.6 Å². The summed E-state index contributed by atoms with van der Waals surface area (Å²) in [5, 5.41) is 0.960. The maximum Gasteiger partial charge on any atom is 0.144 e. The molecule has 1 saturated carbocycles. The van der Waals surface area contributed by atoms with Crippen LogP contribution in [0.25, 0.3) is 0 Å². The minimum atomic E-state index is 0.261. The van der Waals surface area contributed by atoms with Gasteiger partial charge in [0.1, 0.15) is 5.75 Å². The Morgan fingerprint density at radius 1 is 1.00 bits per heavy atom. The minimum Gasteiger partial charge on any atom is -0.488 e. The second kappa shape index (κ2) is 5.83. The molecule has 1 aromatic carbocycles. The van der Waals surface area contributed by atoms with Gasteiger partial charge >= 0.3 is 0 Å². The van der Waals surface area contributed by atoms with Crippen LogP contribution < -0.4 is 10.5 Å². The van der Waals surface area contributed by atoms with Gasteiger partial charge in [0.25, 0.3) is 0 Å². The molecule has 4 heteroatoms. The zero-order valence-electron chi connectivity index (χ0n) is 9.72. The molecule has 0 amide bonds. The fourth-order valence-electron chi connectivity index (χ4n) is 2.19. The fourth-order valence-corrected chi connectivity index (χ4v) is 2.51. The summed E-state index contributed by atoms with van der Waals surface area (Å²) in [6, 6.07) is 3.36. The van der Waals surface area contributed by atoms with Crippen molar-refractivity contribution in [2.24, 2.45) is 0 Å². The quantitative estimate of drug-likeness (QED) is 0.628. The van der Waals surface area contributed by atoms with Gasteiger partial charge in [-0.2, -0.15) is 0 Å². The molecule has 17 heavy (non-hydrogen) atoms. The van der Waals surface area contributed by atoms with E-state index in [2.05, 4.69) is 0 Å². The summed E-state index contributed by atoms with van der Waals surface area (Å²) >= 11 is 11.9. The van der Waals surface area contributed by atoms with Crippen molar-refractivity contribution in [3.8, 4) is 5.75 Å². The summed E-state index contributed by atoms with van der Waals surface area (Å²) in [6.07, 6.45) is 7.52. The summed E-state index contributed by atoms with van der Waals surface area (Å²) in [5.74, 6) is 0.659. The smallest absolute Gasteiger partial charge is 0.144 e. The summed E-state index contributed by atoms with van der Waals surface area (Å²) in [7, 11) is 0. The van der Waals surface area contributed by atoms with Gasteiger partial charge in [-0.3, -0.25) is 0 Å². The highest BCUT2D eigenvalue weighted by atomic mass is 35.5. The van der Waals surface area contributed by atoms with E-state index in [-0.39, 0.29) is 6.10 Å². The molecule has 0 atom stereocenters. The lowest BCUT2D eigenvalue weighted by atomic mass is 10.1. The number of ether oxygens (including phenoxy) is 1. The topological polar surface area (TPSA) is 35.2 Å². The molecule has 1 aromatic rings. The van der Waals surface area contributed by atoms with Crippen LogP contribution in [0.2, 0.25) is 10.0 Å². The number of hydrogen-bond donors (Lipinski definition) is 1. The molecule has 0 bridgehead atoms. The molecule has 0 radical (unpaired) electrons. The molecule has 94 valence electrons. The summed E-state index contributed by atoms with van der Waals surface area (Å²) in [5.41, 5.74) is 6.44. The molecule has 0 saturated heterocycles. The van der Waals surface area contributed by atoms with Crippen molar-refractivity contribution < 1.29 is 4.74 Å². The molecule has 2 rings (SSSR count). The zero-order chi connectivity index (χ0) is 12.3. The van der Waals surface area contributed by atoms with E-state index < -0.39 is 0 Å². The van der Waals surface area contributed by atoms with Crippen LogP contribution in [0.4, 0.5) is 5.69 Å². The lowest BCUT2D eigenvalue weighted by molar-refractivity contribution is 0.185. The van der Waals surface area contributed by atoms with Gasteiger partial charge in [0.15, 0.2) is 0 Å². The van der Waals surface area contributed by atoms with Crippen molar-refractivity contribution in [3.63, 3.8) is 0 Å². The molecular weight excluding hydrogens is 257 g/mol. The predicted octanol–water partition coefficient (Wildman–Crippen LogP) is 4.68. The number of halogens is 2. The standard InChI is InChI=1S/C13H17Cl2NO/c14-10-7-12(16)13(8-11(10)15)17-9-5-3-1-2-4-6-9/h7-9H,1-6,16H2. The van der Waals surface area contributed by atoms with E-state index in [4.69, 9.17) is 33.7 Å². The summed E-state index contributed by atoms with van der Waals surface area (Å²) in [4.78, 5) is 0. The monoisotopic (exact) mass is 273 g/mol. The van der Waals surface area contributed by atoms with Crippen molar-refractivity contribution in [1.82, 2.24) is 0 Å². The first kappa shape index (κ1) is 12.8. The first-order chi connectivity index (χ1) is 8.16. The SMILES string of the molecule is Nc1cc(Cl)c(Cl)cc1OC1CCCCCC1. The number of anilines is 1. The van der Waals surface area contributed by atoms with Crippen molar-refractivity contribution in [1.29, 1.82) is 0 Å². The van der Waals surface area contributed by atoms with E-state index in [9.17, 15) is 0 Å². The summed E-state index contributed by atoms with van der Waals surface area (Å²) < 4.78 is 5.93. The summed E-state index contributed by atoms with van der Waals surface area (Å²) in [6.45, 7) is 0. The fraction of sp³-hybridized carbons (Fsp3) is 0.538. The second-order valence-corrected chi connectivity index (χ2v) is 5.35. The van der Waals surface area contributed by atoms with Gasteiger partial charge in [-0.15, -0.1) is 0 Å². The normalized spacial score (nSPS) is 17.8. The third-order valence-corrected chi connectivity index (χ3v) is 3.87. The van der Waals surface area contributed by atoms with Gasteiger partial charge in [-0.25, -0.2) is 0 Å². The van der Waals surface area contributed by atoms with E-state index in [1.165, 1.54) is 25.7 Å². The number of nitrogen functional groups attached to an aromatic ring is 1. The highest BCUT2D eigenvalue weighted by Crippen LogP contribution is 2.34. The molecule has 0 unspecified atom stereocenters. The number of benzene rings is 1. The largest absolute Gasteiger partial charge is 0.488 e. The molecule has 1 aliphatic carbocycles. The van der Waals surface area contributed by atoms with E-state index in [1.807, 2.05) is 0 Å². The van der Waals surface area contributed by atoms with Crippen LogP contribution in [0.15, 0.2) is 12.1 Å². The number of nitrogens with two attached hydrogens (primary N) is 1. The van der Waals surface area contributed by atoms with Crippen LogP contribution >= 0.6 is 23.2 Å². The lowest BCUT2D eigenvalue weighted by Crippen LogP contribution is -2.15. The molecule has 0 heterocycles. The average molecular weight is 274 g/mol.